The lowest BCUT2D eigenvalue weighted by Crippen LogP contribution is -2.45. The van der Waals surface area contributed by atoms with Gasteiger partial charge in [-0.25, -0.2) is 0 Å². The van der Waals surface area contributed by atoms with Crippen LogP contribution in [0.25, 0.3) is 0 Å². The van der Waals surface area contributed by atoms with Gasteiger partial charge in [-0.05, 0) is 71.6 Å². The van der Waals surface area contributed by atoms with Crippen molar-refractivity contribution < 1.29 is 43.0 Å². The number of ether oxygens (including phenoxy) is 2. The average molecular weight is 768 g/mol. The van der Waals surface area contributed by atoms with Gasteiger partial charge in [0.1, 0.15) is 11.8 Å². The van der Waals surface area contributed by atoms with Crippen molar-refractivity contribution in [2.75, 3.05) is 64.9 Å². The number of rotatable bonds is 26. The van der Waals surface area contributed by atoms with Crippen LogP contribution in [0.5, 0.6) is 0 Å². The Labute approximate surface area is 317 Å². The summed E-state index contributed by atoms with van der Waals surface area (Å²) in [4.78, 5) is 89.8. The van der Waals surface area contributed by atoms with Crippen molar-refractivity contribution in [1.29, 1.82) is 0 Å². The zero-order valence-corrected chi connectivity index (χ0v) is 32.5. The number of likely N-dealkylation sites (tertiary alicyclic amines) is 1. The third kappa shape index (κ3) is 16.0. The molecular weight excluding hydrogens is 707 g/mol. The molecular formula is C36H61N7O9S. The topological polar surface area (TPSA) is 232 Å². The molecule has 0 radical (unpaired) electrons. The molecule has 2 saturated heterocycles. The smallest absolute Gasteiger partial charge is 0.242 e. The van der Waals surface area contributed by atoms with Crippen LogP contribution < -0.4 is 27.4 Å². The first kappa shape index (κ1) is 44.3. The van der Waals surface area contributed by atoms with Gasteiger partial charge in [0, 0.05) is 69.2 Å². The molecule has 1 aliphatic carbocycles. The van der Waals surface area contributed by atoms with Crippen molar-refractivity contribution >= 4 is 53.0 Å². The number of nitrogens with two attached hydrogens (primary N) is 2. The molecule has 2 heterocycles. The van der Waals surface area contributed by atoms with Gasteiger partial charge in [-0.2, -0.15) is 0 Å². The van der Waals surface area contributed by atoms with Gasteiger partial charge >= 0.3 is 0 Å². The first-order chi connectivity index (χ1) is 25.2. The van der Waals surface area contributed by atoms with Gasteiger partial charge in [-0.3, -0.25) is 43.4 Å². The number of primary amides is 1. The van der Waals surface area contributed by atoms with Crippen molar-refractivity contribution in [2.45, 2.75) is 108 Å². The SMILES string of the molecule is CC(=O)C1CCC(CN2C(=O)CC(SC[C@@H](N)C(=O)NCCCC[C@H](NC(=O)CCC(=O)NCCOCCOCCN3CC3(C)C)C(N)=O)C2=O)CC1. The number of imide groups is 1. The first-order valence-corrected chi connectivity index (χ1v) is 20.0. The predicted molar refractivity (Wildman–Crippen MR) is 199 cm³/mol. The van der Waals surface area contributed by atoms with E-state index in [4.69, 9.17) is 20.9 Å². The van der Waals surface area contributed by atoms with E-state index in [2.05, 4.69) is 34.7 Å². The van der Waals surface area contributed by atoms with E-state index in [0.29, 0.717) is 57.9 Å². The summed E-state index contributed by atoms with van der Waals surface area (Å²) in [5, 5.41) is 7.44. The van der Waals surface area contributed by atoms with E-state index in [0.717, 1.165) is 38.8 Å². The van der Waals surface area contributed by atoms with Crippen LogP contribution in [0.1, 0.15) is 85.0 Å². The highest BCUT2D eigenvalue weighted by molar-refractivity contribution is 8.00. The van der Waals surface area contributed by atoms with Crippen molar-refractivity contribution in [1.82, 2.24) is 25.8 Å². The van der Waals surface area contributed by atoms with Crippen molar-refractivity contribution in [3.63, 3.8) is 0 Å². The first-order valence-electron chi connectivity index (χ1n) is 18.9. The fraction of sp³-hybridized carbons (Fsp3) is 0.806. The van der Waals surface area contributed by atoms with Crippen LogP contribution in [-0.2, 0) is 43.0 Å². The molecule has 3 fully saturated rings. The Bertz CT molecular complexity index is 1280. The molecule has 0 bridgehead atoms. The van der Waals surface area contributed by atoms with Crippen LogP contribution in [0, 0.1) is 11.8 Å². The van der Waals surface area contributed by atoms with E-state index in [1.807, 2.05) is 0 Å². The lowest BCUT2D eigenvalue weighted by atomic mass is 9.80. The van der Waals surface area contributed by atoms with E-state index in [9.17, 15) is 33.6 Å². The Hall–Kier alpha value is -3.12. The minimum Gasteiger partial charge on any atom is -0.378 e. The molecule has 7 N–H and O–H groups in total. The molecule has 17 heteroatoms. The third-order valence-electron chi connectivity index (χ3n) is 10.1. The van der Waals surface area contributed by atoms with Gasteiger partial charge in [0.15, 0.2) is 0 Å². The van der Waals surface area contributed by atoms with Crippen LogP contribution in [0.15, 0.2) is 0 Å². The van der Waals surface area contributed by atoms with Gasteiger partial charge in [0.2, 0.25) is 35.4 Å². The molecule has 3 aliphatic rings. The predicted octanol–water partition coefficient (Wildman–Crippen LogP) is -0.150. The fourth-order valence-electron chi connectivity index (χ4n) is 6.54. The van der Waals surface area contributed by atoms with E-state index >= 15 is 0 Å². The lowest BCUT2D eigenvalue weighted by Gasteiger charge is -2.29. The van der Waals surface area contributed by atoms with E-state index in [-0.39, 0.29) is 73.3 Å². The molecule has 0 aromatic carbocycles. The summed E-state index contributed by atoms with van der Waals surface area (Å²) in [6, 6.07) is -1.79. The summed E-state index contributed by atoms with van der Waals surface area (Å²) in [7, 11) is 0. The number of nitrogens with zero attached hydrogens (tertiary/aromatic N) is 2. The largest absolute Gasteiger partial charge is 0.378 e. The fourth-order valence-corrected chi connectivity index (χ4v) is 7.66. The second-order valence-electron chi connectivity index (χ2n) is 14.9. The summed E-state index contributed by atoms with van der Waals surface area (Å²) in [6.45, 7) is 10.8. The van der Waals surface area contributed by atoms with E-state index in [1.54, 1.807) is 6.92 Å². The number of ketones is 1. The van der Waals surface area contributed by atoms with Crippen LogP contribution in [0.3, 0.4) is 0 Å². The molecule has 16 nitrogen and oxygen atoms in total. The van der Waals surface area contributed by atoms with Crippen LogP contribution >= 0.6 is 11.8 Å². The molecule has 0 aromatic heterocycles. The number of hydrogen-bond donors (Lipinski definition) is 5. The highest BCUT2D eigenvalue weighted by Gasteiger charge is 2.42. The number of unbranched alkanes of at least 4 members (excludes halogenated alkanes) is 1. The van der Waals surface area contributed by atoms with Crippen molar-refractivity contribution in [3.05, 3.63) is 0 Å². The van der Waals surface area contributed by atoms with Crippen molar-refractivity contribution in [3.8, 4) is 0 Å². The van der Waals surface area contributed by atoms with Crippen LogP contribution in [0.4, 0.5) is 0 Å². The Morgan fingerprint density at radius 2 is 1.58 bits per heavy atom. The quantitative estimate of drug-likeness (QED) is 0.0440. The summed E-state index contributed by atoms with van der Waals surface area (Å²) in [6.07, 6.45) is 4.36. The summed E-state index contributed by atoms with van der Waals surface area (Å²) in [5.74, 6) is -1.70. The zero-order chi connectivity index (χ0) is 39.0. The molecule has 3 rings (SSSR count). The number of nitrogens with one attached hydrogen (secondary N) is 3. The highest BCUT2D eigenvalue weighted by Crippen LogP contribution is 2.33. The molecule has 2 aliphatic heterocycles. The van der Waals surface area contributed by atoms with Gasteiger partial charge in [0.05, 0.1) is 37.7 Å². The van der Waals surface area contributed by atoms with E-state index in [1.165, 1.54) is 16.7 Å². The molecule has 300 valence electrons. The maximum absolute atomic E-state index is 12.9. The van der Waals surface area contributed by atoms with Gasteiger partial charge < -0.3 is 36.9 Å². The van der Waals surface area contributed by atoms with Gasteiger partial charge in [0.25, 0.3) is 0 Å². The average Bonchev–Trinajstić information content (AvgIpc) is 3.64. The Kier molecular flexibility index (Phi) is 18.6. The maximum atomic E-state index is 12.9. The number of hydrogen-bond acceptors (Lipinski definition) is 12. The minimum atomic E-state index is -0.912. The van der Waals surface area contributed by atoms with Crippen LogP contribution in [-0.4, -0.2) is 139 Å². The monoisotopic (exact) mass is 767 g/mol. The lowest BCUT2D eigenvalue weighted by molar-refractivity contribution is -0.139. The normalized spacial score (nSPS) is 23.3. The van der Waals surface area contributed by atoms with Gasteiger partial charge in [-0.15, -0.1) is 11.8 Å². The van der Waals surface area contributed by atoms with E-state index < -0.39 is 35.1 Å². The van der Waals surface area contributed by atoms with Gasteiger partial charge in [-0.1, -0.05) is 0 Å². The Balaban J connectivity index is 1.19. The number of carbonyl (C=O) groups excluding carboxylic acids is 7. The molecule has 6 amide bonds. The van der Waals surface area contributed by atoms with Crippen molar-refractivity contribution in [2.24, 2.45) is 23.3 Å². The second-order valence-corrected chi connectivity index (χ2v) is 16.2. The minimum absolute atomic E-state index is 0.0503. The molecule has 53 heavy (non-hydrogen) atoms. The summed E-state index contributed by atoms with van der Waals surface area (Å²) < 4.78 is 11.0. The molecule has 0 spiro atoms. The molecule has 4 atom stereocenters. The standard InChI is InChI=1S/C36H61N7O9S/c1-24(44)26-9-7-25(8-10-26)21-43-32(47)20-29(35(43)50)53-22-27(37)34(49)40-13-5-4-6-28(33(38)48)41-31(46)12-11-30(45)39-14-16-51-18-19-52-17-15-42-23-36(42,2)3/h25-29H,4-23,37H2,1-3H3,(H2,38,48)(H,39,45)(H,40,49)(H,41,46)/t25?,26?,27-,28+,29?,42?/m1/s1. The second kappa shape index (κ2) is 22.3. The Morgan fingerprint density at radius 3 is 2.23 bits per heavy atom. The number of carbonyl (C=O) groups is 7. The number of thioether (sulfide) groups is 1. The maximum Gasteiger partial charge on any atom is 0.242 e. The molecule has 1 saturated carbocycles. The van der Waals surface area contributed by atoms with Crippen LogP contribution in [0.2, 0.25) is 0 Å². The number of amides is 6. The third-order valence-corrected chi connectivity index (χ3v) is 11.5. The number of Topliss-reactive ketones (excluding diaryl/α,β-unsaturated/α-hetero) is 1. The summed E-state index contributed by atoms with van der Waals surface area (Å²) >= 11 is 1.20. The zero-order valence-electron chi connectivity index (χ0n) is 31.7. The highest BCUT2D eigenvalue weighted by atomic mass is 32.2. The molecule has 2 unspecified atom stereocenters. The Morgan fingerprint density at radius 1 is 0.925 bits per heavy atom. The molecule has 0 aromatic rings. The summed E-state index contributed by atoms with van der Waals surface area (Å²) in [5.41, 5.74) is 11.8.